The Bertz CT molecular complexity index is 588. The zero-order valence-corrected chi connectivity index (χ0v) is 12.3. The lowest BCUT2D eigenvalue weighted by atomic mass is 10.2. The van der Waals surface area contributed by atoms with Gasteiger partial charge in [0.25, 0.3) is 0 Å². The van der Waals surface area contributed by atoms with E-state index in [9.17, 15) is 0 Å². The van der Waals surface area contributed by atoms with E-state index in [0.29, 0.717) is 0 Å². The van der Waals surface area contributed by atoms with Crippen molar-refractivity contribution in [2.24, 2.45) is 0 Å². The van der Waals surface area contributed by atoms with Gasteiger partial charge in [0.1, 0.15) is 11.6 Å². The van der Waals surface area contributed by atoms with Crippen LogP contribution < -0.4 is 4.90 Å². The fraction of sp³-hybridized carbons (Fsp3) is 0.500. The number of para-hydroxylation sites is 1. The van der Waals surface area contributed by atoms with Crippen LogP contribution in [0.5, 0.6) is 0 Å². The summed E-state index contributed by atoms with van der Waals surface area (Å²) in [5, 5.41) is 1.18. The third-order valence-electron chi connectivity index (χ3n) is 3.91. The van der Waals surface area contributed by atoms with Crippen molar-refractivity contribution in [1.29, 1.82) is 0 Å². The Hall–Kier alpha value is -1.68. The van der Waals surface area contributed by atoms with Gasteiger partial charge in [0.05, 0.1) is 5.52 Å². The van der Waals surface area contributed by atoms with Gasteiger partial charge < -0.3 is 9.80 Å². The molecule has 4 nitrogen and oxygen atoms in total. The summed E-state index contributed by atoms with van der Waals surface area (Å²) in [6.07, 6.45) is 2.03. The molecule has 0 radical (unpaired) electrons. The topological polar surface area (TPSA) is 32.3 Å². The predicted molar refractivity (Wildman–Crippen MR) is 83.2 cm³/mol. The van der Waals surface area contributed by atoms with E-state index < -0.39 is 0 Å². The Balaban J connectivity index is 2.03. The van der Waals surface area contributed by atoms with Crippen LogP contribution in [0.25, 0.3) is 10.9 Å². The number of fused-ring (bicyclic) bond motifs is 1. The van der Waals surface area contributed by atoms with E-state index in [4.69, 9.17) is 4.98 Å². The van der Waals surface area contributed by atoms with E-state index in [-0.39, 0.29) is 0 Å². The van der Waals surface area contributed by atoms with Gasteiger partial charge in [-0.2, -0.15) is 0 Å². The summed E-state index contributed by atoms with van der Waals surface area (Å²) >= 11 is 0. The fourth-order valence-electron chi connectivity index (χ4n) is 2.70. The Morgan fingerprint density at radius 2 is 1.80 bits per heavy atom. The van der Waals surface area contributed by atoms with E-state index in [1.54, 1.807) is 0 Å². The minimum absolute atomic E-state index is 0.950. The van der Waals surface area contributed by atoms with Crippen molar-refractivity contribution < 1.29 is 0 Å². The SMILES string of the molecule is CCCc1nc(N2CCN(C)CC2)c2ccccc2n1. The summed E-state index contributed by atoms with van der Waals surface area (Å²) in [5.74, 6) is 2.09. The molecule has 0 N–H and O–H groups in total. The molecular formula is C16H22N4. The van der Waals surface area contributed by atoms with Gasteiger partial charge in [0.2, 0.25) is 0 Å². The van der Waals surface area contributed by atoms with Gasteiger partial charge in [0.15, 0.2) is 0 Å². The number of likely N-dealkylation sites (N-methyl/N-ethyl adjacent to an activating group) is 1. The molecule has 0 unspecified atom stereocenters. The second-order valence-corrected chi connectivity index (χ2v) is 5.52. The van der Waals surface area contributed by atoms with E-state index >= 15 is 0 Å². The first-order valence-electron chi connectivity index (χ1n) is 7.47. The number of nitrogens with zero attached hydrogens (tertiary/aromatic N) is 4. The lowest BCUT2D eigenvalue weighted by molar-refractivity contribution is 0.312. The van der Waals surface area contributed by atoms with Crippen molar-refractivity contribution in [3.8, 4) is 0 Å². The van der Waals surface area contributed by atoms with Crippen LogP contribution in [-0.4, -0.2) is 48.1 Å². The monoisotopic (exact) mass is 270 g/mol. The van der Waals surface area contributed by atoms with Crippen molar-refractivity contribution in [1.82, 2.24) is 14.9 Å². The standard InChI is InChI=1S/C16H22N4/c1-3-6-15-17-14-8-5-4-7-13(14)16(18-15)20-11-9-19(2)10-12-20/h4-5,7-8H,3,6,9-12H2,1-2H3. The number of aryl methyl sites for hydroxylation is 1. The van der Waals surface area contributed by atoms with Crippen LogP contribution in [0.2, 0.25) is 0 Å². The molecule has 1 aliphatic heterocycles. The molecule has 3 rings (SSSR count). The normalized spacial score (nSPS) is 16.8. The minimum atomic E-state index is 0.950. The Morgan fingerprint density at radius 1 is 1.05 bits per heavy atom. The molecule has 0 spiro atoms. The van der Waals surface area contributed by atoms with Crippen molar-refractivity contribution in [2.45, 2.75) is 19.8 Å². The van der Waals surface area contributed by atoms with Crippen LogP contribution in [0, 0.1) is 0 Å². The van der Waals surface area contributed by atoms with E-state index in [1.807, 2.05) is 0 Å². The van der Waals surface area contributed by atoms with Gasteiger partial charge in [0, 0.05) is 38.0 Å². The van der Waals surface area contributed by atoms with E-state index in [0.717, 1.165) is 56.2 Å². The fourth-order valence-corrected chi connectivity index (χ4v) is 2.70. The van der Waals surface area contributed by atoms with Crippen molar-refractivity contribution in [2.75, 3.05) is 38.1 Å². The molecule has 20 heavy (non-hydrogen) atoms. The molecule has 4 heteroatoms. The van der Waals surface area contributed by atoms with Crippen LogP contribution >= 0.6 is 0 Å². The highest BCUT2D eigenvalue weighted by Gasteiger charge is 2.18. The predicted octanol–water partition coefficient (Wildman–Crippen LogP) is 2.33. The number of hydrogen-bond acceptors (Lipinski definition) is 4. The van der Waals surface area contributed by atoms with Crippen molar-refractivity contribution in [3.05, 3.63) is 30.1 Å². The zero-order chi connectivity index (χ0) is 13.9. The largest absolute Gasteiger partial charge is 0.353 e. The molecule has 2 aromatic rings. The molecule has 1 saturated heterocycles. The maximum Gasteiger partial charge on any atom is 0.140 e. The second kappa shape index (κ2) is 5.75. The number of hydrogen-bond donors (Lipinski definition) is 0. The Labute approximate surface area is 120 Å². The average Bonchev–Trinajstić information content (AvgIpc) is 2.48. The van der Waals surface area contributed by atoms with Gasteiger partial charge >= 0.3 is 0 Å². The quantitative estimate of drug-likeness (QED) is 0.857. The highest BCUT2D eigenvalue weighted by atomic mass is 15.3. The van der Waals surface area contributed by atoms with Crippen LogP contribution in [0.4, 0.5) is 5.82 Å². The van der Waals surface area contributed by atoms with Gasteiger partial charge in [-0.05, 0) is 25.6 Å². The number of anilines is 1. The molecule has 1 aromatic carbocycles. The zero-order valence-electron chi connectivity index (χ0n) is 12.3. The van der Waals surface area contributed by atoms with Crippen LogP contribution in [-0.2, 0) is 6.42 Å². The molecular weight excluding hydrogens is 248 g/mol. The summed E-state index contributed by atoms with van der Waals surface area (Å²) in [5.41, 5.74) is 1.07. The maximum absolute atomic E-state index is 4.84. The van der Waals surface area contributed by atoms with Gasteiger partial charge in [-0.25, -0.2) is 9.97 Å². The Morgan fingerprint density at radius 3 is 2.55 bits per heavy atom. The third-order valence-corrected chi connectivity index (χ3v) is 3.91. The molecule has 106 valence electrons. The molecule has 2 heterocycles. The van der Waals surface area contributed by atoms with Crippen molar-refractivity contribution in [3.63, 3.8) is 0 Å². The molecule has 0 atom stereocenters. The highest BCUT2D eigenvalue weighted by molar-refractivity contribution is 5.89. The van der Waals surface area contributed by atoms with Gasteiger partial charge in [-0.3, -0.25) is 0 Å². The van der Waals surface area contributed by atoms with Gasteiger partial charge in [-0.15, -0.1) is 0 Å². The number of rotatable bonds is 3. The lowest BCUT2D eigenvalue weighted by Gasteiger charge is -2.33. The molecule has 0 aliphatic carbocycles. The number of benzene rings is 1. The second-order valence-electron chi connectivity index (χ2n) is 5.52. The van der Waals surface area contributed by atoms with Crippen LogP contribution in [0.15, 0.2) is 24.3 Å². The first kappa shape index (κ1) is 13.3. The third kappa shape index (κ3) is 2.61. The molecule has 1 aromatic heterocycles. The van der Waals surface area contributed by atoms with E-state index in [1.165, 1.54) is 5.39 Å². The van der Waals surface area contributed by atoms with Crippen LogP contribution in [0.1, 0.15) is 19.2 Å². The van der Waals surface area contributed by atoms with E-state index in [2.05, 4.69) is 53.0 Å². The lowest BCUT2D eigenvalue weighted by Crippen LogP contribution is -2.45. The summed E-state index contributed by atoms with van der Waals surface area (Å²) in [6.45, 7) is 6.46. The van der Waals surface area contributed by atoms with Gasteiger partial charge in [-0.1, -0.05) is 19.1 Å². The molecule has 1 fully saturated rings. The Kier molecular flexibility index (Phi) is 3.83. The van der Waals surface area contributed by atoms with Crippen LogP contribution in [0.3, 0.4) is 0 Å². The molecule has 0 amide bonds. The first-order valence-corrected chi connectivity index (χ1v) is 7.47. The highest BCUT2D eigenvalue weighted by Crippen LogP contribution is 2.25. The summed E-state index contributed by atoms with van der Waals surface area (Å²) < 4.78 is 0. The summed E-state index contributed by atoms with van der Waals surface area (Å²) in [7, 11) is 2.18. The molecule has 0 bridgehead atoms. The summed E-state index contributed by atoms with van der Waals surface area (Å²) in [6, 6.07) is 8.36. The number of piperazine rings is 1. The summed E-state index contributed by atoms with van der Waals surface area (Å²) in [4.78, 5) is 14.3. The molecule has 0 saturated carbocycles. The minimum Gasteiger partial charge on any atom is -0.353 e. The average molecular weight is 270 g/mol. The van der Waals surface area contributed by atoms with Crippen molar-refractivity contribution >= 4 is 16.7 Å². The first-order chi connectivity index (χ1) is 9.78. The maximum atomic E-state index is 4.84. The number of aromatic nitrogens is 2. The smallest absolute Gasteiger partial charge is 0.140 e. The molecule has 1 aliphatic rings.